The molecule has 0 spiro atoms. The first kappa shape index (κ1) is 10.4. The monoisotopic (exact) mass is 216 g/mol. The number of aryl methyl sites for hydroxylation is 1. The van der Waals surface area contributed by atoms with Gasteiger partial charge in [0.25, 0.3) is 0 Å². The van der Waals surface area contributed by atoms with Gasteiger partial charge in [0.05, 0.1) is 12.8 Å². The summed E-state index contributed by atoms with van der Waals surface area (Å²) < 4.78 is 5.04. The molecule has 0 saturated heterocycles. The molecule has 0 aliphatic rings. The minimum atomic E-state index is 0.191. The fourth-order valence-corrected chi connectivity index (χ4v) is 1.39. The standard InChI is InChI=1S/C11H12N4O/c1-7-3-8(6-13-5-7)9-4-10(16-2)15-11(12)14-9/h3-6H,1-2H3,(H2,12,14,15). The van der Waals surface area contributed by atoms with E-state index in [1.165, 1.54) is 0 Å². The SMILES string of the molecule is COc1cc(-c2cncc(C)c2)nc(N)n1. The highest BCUT2D eigenvalue weighted by atomic mass is 16.5. The van der Waals surface area contributed by atoms with Crippen molar-refractivity contribution in [3.8, 4) is 17.1 Å². The van der Waals surface area contributed by atoms with Gasteiger partial charge in [-0.05, 0) is 18.6 Å². The van der Waals surface area contributed by atoms with E-state index >= 15 is 0 Å². The number of anilines is 1. The fraction of sp³-hybridized carbons (Fsp3) is 0.182. The van der Waals surface area contributed by atoms with E-state index in [2.05, 4.69) is 15.0 Å². The highest BCUT2D eigenvalue weighted by Gasteiger charge is 2.05. The molecule has 5 nitrogen and oxygen atoms in total. The van der Waals surface area contributed by atoms with Gasteiger partial charge in [-0.3, -0.25) is 4.98 Å². The highest BCUT2D eigenvalue weighted by Crippen LogP contribution is 2.21. The van der Waals surface area contributed by atoms with Gasteiger partial charge in [-0.15, -0.1) is 0 Å². The van der Waals surface area contributed by atoms with Gasteiger partial charge in [-0.1, -0.05) is 0 Å². The zero-order chi connectivity index (χ0) is 11.5. The Labute approximate surface area is 93.3 Å². The van der Waals surface area contributed by atoms with E-state index in [4.69, 9.17) is 10.5 Å². The Bertz CT molecular complexity index is 513. The summed E-state index contributed by atoms with van der Waals surface area (Å²) in [7, 11) is 1.54. The molecule has 2 aromatic heterocycles. The number of pyridine rings is 1. The second kappa shape index (κ2) is 4.14. The Morgan fingerprint density at radius 2 is 2.00 bits per heavy atom. The third-order valence-electron chi connectivity index (χ3n) is 2.10. The van der Waals surface area contributed by atoms with Crippen molar-refractivity contribution >= 4 is 5.95 Å². The average Bonchev–Trinajstić information content (AvgIpc) is 2.28. The van der Waals surface area contributed by atoms with Gasteiger partial charge in [0.2, 0.25) is 11.8 Å². The van der Waals surface area contributed by atoms with E-state index in [0.29, 0.717) is 11.6 Å². The Balaban J connectivity index is 2.51. The first-order chi connectivity index (χ1) is 7.69. The van der Waals surface area contributed by atoms with Crippen LogP contribution in [0.25, 0.3) is 11.3 Å². The summed E-state index contributed by atoms with van der Waals surface area (Å²) in [5, 5.41) is 0. The third-order valence-corrected chi connectivity index (χ3v) is 2.10. The van der Waals surface area contributed by atoms with Crippen LogP contribution in [-0.4, -0.2) is 22.1 Å². The van der Waals surface area contributed by atoms with Crippen LogP contribution in [0.4, 0.5) is 5.95 Å². The number of aromatic nitrogens is 3. The van der Waals surface area contributed by atoms with Crippen LogP contribution in [0.2, 0.25) is 0 Å². The summed E-state index contributed by atoms with van der Waals surface area (Å²) in [5.74, 6) is 0.639. The Morgan fingerprint density at radius 3 is 2.69 bits per heavy atom. The molecule has 2 aromatic rings. The van der Waals surface area contributed by atoms with Gasteiger partial charge in [0.15, 0.2) is 0 Å². The van der Waals surface area contributed by atoms with Crippen LogP contribution in [0.5, 0.6) is 5.88 Å². The zero-order valence-electron chi connectivity index (χ0n) is 9.14. The van der Waals surface area contributed by atoms with Crippen molar-refractivity contribution in [2.24, 2.45) is 0 Å². The number of methoxy groups -OCH3 is 1. The van der Waals surface area contributed by atoms with Crippen LogP contribution in [0.1, 0.15) is 5.56 Å². The number of nitrogens with zero attached hydrogens (tertiary/aromatic N) is 3. The van der Waals surface area contributed by atoms with E-state index in [-0.39, 0.29) is 5.95 Å². The van der Waals surface area contributed by atoms with Gasteiger partial charge in [0.1, 0.15) is 0 Å². The molecule has 0 radical (unpaired) electrons. The van der Waals surface area contributed by atoms with E-state index in [1.807, 2.05) is 13.0 Å². The maximum Gasteiger partial charge on any atom is 0.223 e. The van der Waals surface area contributed by atoms with Crippen LogP contribution in [0.3, 0.4) is 0 Å². The summed E-state index contributed by atoms with van der Waals surface area (Å²) in [5.41, 5.74) is 8.26. The van der Waals surface area contributed by atoms with Crippen LogP contribution in [0.15, 0.2) is 24.5 Å². The number of nitrogen functional groups attached to an aromatic ring is 1. The van der Waals surface area contributed by atoms with Crippen molar-refractivity contribution < 1.29 is 4.74 Å². The number of rotatable bonds is 2. The lowest BCUT2D eigenvalue weighted by molar-refractivity contribution is 0.398. The summed E-state index contributed by atoms with van der Waals surface area (Å²) in [6.45, 7) is 1.97. The number of hydrogen-bond donors (Lipinski definition) is 1. The van der Waals surface area contributed by atoms with Crippen molar-refractivity contribution in [2.75, 3.05) is 12.8 Å². The number of nitrogens with two attached hydrogens (primary N) is 1. The second-order valence-electron chi connectivity index (χ2n) is 3.40. The molecule has 16 heavy (non-hydrogen) atoms. The van der Waals surface area contributed by atoms with Crippen molar-refractivity contribution in [3.63, 3.8) is 0 Å². The van der Waals surface area contributed by atoms with E-state index < -0.39 is 0 Å². The molecule has 2 rings (SSSR count). The Morgan fingerprint density at radius 1 is 1.19 bits per heavy atom. The Hall–Kier alpha value is -2.17. The molecule has 2 N–H and O–H groups in total. The lowest BCUT2D eigenvalue weighted by atomic mass is 10.1. The van der Waals surface area contributed by atoms with Crippen molar-refractivity contribution in [1.29, 1.82) is 0 Å². The smallest absolute Gasteiger partial charge is 0.223 e. The molecule has 0 aliphatic heterocycles. The lowest BCUT2D eigenvalue weighted by Crippen LogP contribution is -1.99. The van der Waals surface area contributed by atoms with Crippen molar-refractivity contribution in [1.82, 2.24) is 15.0 Å². The molecule has 0 unspecified atom stereocenters. The lowest BCUT2D eigenvalue weighted by Gasteiger charge is -2.05. The minimum Gasteiger partial charge on any atom is -0.481 e. The second-order valence-corrected chi connectivity index (χ2v) is 3.40. The molecular weight excluding hydrogens is 204 g/mol. The van der Waals surface area contributed by atoms with Gasteiger partial charge in [-0.2, -0.15) is 4.98 Å². The molecule has 0 saturated carbocycles. The molecule has 82 valence electrons. The van der Waals surface area contributed by atoms with Gasteiger partial charge >= 0.3 is 0 Å². The normalized spacial score (nSPS) is 10.1. The molecular formula is C11H12N4O. The molecule has 0 atom stereocenters. The van der Waals surface area contributed by atoms with E-state index in [0.717, 1.165) is 11.1 Å². The Kier molecular flexibility index (Phi) is 2.68. The predicted molar refractivity (Wildman–Crippen MR) is 61.0 cm³/mol. The van der Waals surface area contributed by atoms with E-state index in [1.54, 1.807) is 25.6 Å². The van der Waals surface area contributed by atoms with Gasteiger partial charge in [0, 0.05) is 24.0 Å². The number of ether oxygens (including phenoxy) is 1. The molecule has 0 amide bonds. The minimum absolute atomic E-state index is 0.191. The van der Waals surface area contributed by atoms with Crippen molar-refractivity contribution in [3.05, 3.63) is 30.1 Å². The van der Waals surface area contributed by atoms with E-state index in [9.17, 15) is 0 Å². The van der Waals surface area contributed by atoms with Gasteiger partial charge < -0.3 is 10.5 Å². The largest absolute Gasteiger partial charge is 0.481 e. The predicted octanol–water partition coefficient (Wildman–Crippen LogP) is 1.44. The van der Waals surface area contributed by atoms with Crippen LogP contribution < -0.4 is 10.5 Å². The molecule has 0 aliphatic carbocycles. The highest BCUT2D eigenvalue weighted by molar-refractivity contribution is 5.60. The maximum absolute atomic E-state index is 5.59. The summed E-state index contributed by atoms with van der Waals surface area (Å²) in [6, 6.07) is 3.71. The molecule has 0 aromatic carbocycles. The van der Waals surface area contributed by atoms with Crippen LogP contribution in [-0.2, 0) is 0 Å². The summed E-state index contributed by atoms with van der Waals surface area (Å²) >= 11 is 0. The molecule has 0 bridgehead atoms. The van der Waals surface area contributed by atoms with Crippen molar-refractivity contribution in [2.45, 2.75) is 6.92 Å². The molecule has 5 heteroatoms. The first-order valence-electron chi connectivity index (χ1n) is 4.79. The topological polar surface area (TPSA) is 73.9 Å². The summed E-state index contributed by atoms with van der Waals surface area (Å²) in [4.78, 5) is 12.2. The quantitative estimate of drug-likeness (QED) is 0.822. The number of hydrogen-bond acceptors (Lipinski definition) is 5. The summed E-state index contributed by atoms with van der Waals surface area (Å²) in [6.07, 6.45) is 3.51. The maximum atomic E-state index is 5.59. The van der Waals surface area contributed by atoms with Crippen LogP contribution in [0, 0.1) is 6.92 Å². The third kappa shape index (κ3) is 2.08. The molecule has 2 heterocycles. The first-order valence-corrected chi connectivity index (χ1v) is 4.79. The zero-order valence-corrected chi connectivity index (χ0v) is 9.14. The van der Waals surface area contributed by atoms with Gasteiger partial charge in [-0.25, -0.2) is 4.98 Å². The fourth-order valence-electron chi connectivity index (χ4n) is 1.39. The average molecular weight is 216 g/mol. The molecule has 0 fully saturated rings. The van der Waals surface area contributed by atoms with Crippen LogP contribution >= 0.6 is 0 Å².